The second kappa shape index (κ2) is 10.3. The number of fused-ring (bicyclic) bond motifs is 1. The van der Waals surface area contributed by atoms with Gasteiger partial charge in [-0.1, -0.05) is 36.4 Å². The van der Waals surface area contributed by atoms with E-state index in [1.807, 2.05) is 55.5 Å². The molecule has 0 amide bonds. The van der Waals surface area contributed by atoms with E-state index in [0.29, 0.717) is 10.9 Å². The fraction of sp³-hybridized carbons (Fsp3) is 0.250. The van der Waals surface area contributed by atoms with Gasteiger partial charge in [-0.2, -0.15) is 0 Å². The summed E-state index contributed by atoms with van der Waals surface area (Å²) in [7, 11) is 1.63. The number of halogens is 1. The van der Waals surface area contributed by atoms with Gasteiger partial charge in [0.15, 0.2) is 5.16 Å². The monoisotopic (exact) mass is 502 g/mol. The van der Waals surface area contributed by atoms with Gasteiger partial charge in [-0.15, -0.1) is 23.1 Å². The molecule has 4 nitrogen and oxygen atoms in total. The number of ether oxygens (including phenoxy) is 1. The molecule has 0 aliphatic carbocycles. The maximum absolute atomic E-state index is 13.6. The van der Waals surface area contributed by atoms with Gasteiger partial charge in [-0.25, -0.2) is 4.98 Å². The normalized spacial score (nSPS) is 11.2. The zero-order valence-corrected chi connectivity index (χ0v) is 21.3. The quantitative estimate of drug-likeness (QED) is 0.149. The molecule has 2 aromatic carbocycles. The highest BCUT2D eigenvalue weighted by molar-refractivity contribution is 8.02. The fourth-order valence-electron chi connectivity index (χ4n) is 3.44. The van der Waals surface area contributed by atoms with Crippen molar-refractivity contribution in [3.63, 3.8) is 0 Å². The highest BCUT2D eigenvalue weighted by Crippen LogP contribution is 2.31. The average Bonchev–Trinajstić information content (AvgIpc) is 3.13. The average molecular weight is 503 g/mol. The third-order valence-corrected chi connectivity index (χ3v) is 8.86. The molecule has 0 aliphatic heterocycles. The minimum atomic E-state index is -0.0236. The summed E-state index contributed by atoms with van der Waals surface area (Å²) in [5.74, 6) is 2.42. The van der Waals surface area contributed by atoms with Crippen LogP contribution in [0.5, 0.6) is 5.75 Å². The lowest BCUT2D eigenvalue weighted by atomic mass is 10.2. The maximum atomic E-state index is 13.6. The summed E-state index contributed by atoms with van der Waals surface area (Å²) in [5.41, 5.74) is 1.78. The Labute approximate surface area is 205 Å². The largest absolute Gasteiger partial charge is 0.497 e. The van der Waals surface area contributed by atoms with Crippen molar-refractivity contribution in [2.24, 2.45) is 0 Å². The third-order valence-electron chi connectivity index (χ3n) is 5.06. The first kappa shape index (κ1) is 23.2. The summed E-state index contributed by atoms with van der Waals surface area (Å²) in [4.78, 5) is 21.8. The van der Waals surface area contributed by atoms with E-state index in [4.69, 9.17) is 21.3 Å². The van der Waals surface area contributed by atoms with Crippen LogP contribution in [0.3, 0.4) is 0 Å². The van der Waals surface area contributed by atoms with Gasteiger partial charge < -0.3 is 4.74 Å². The van der Waals surface area contributed by atoms with Gasteiger partial charge in [-0.3, -0.25) is 9.36 Å². The van der Waals surface area contributed by atoms with Crippen molar-refractivity contribution in [3.05, 3.63) is 74.3 Å². The zero-order valence-electron chi connectivity index (χ0n) is 18.1. The van der Waals surface area contributed by atoms with Gasteiger partial charge in [0.25, 0.3) is 5.56 Å². The van der Waals surface area contributed by atoms with Crippen LogP contribution in [0.4, 0.5) is 0 Å². The predicted molar refractivity (Wildman–Crippen MR) is 139 cm³/mol. The molecule has 0 spiro atoms. The van der Waals surface area contributed by atoms with E-state index in [-0.39, 0.29) is 5.56 Å². The fourth-order valence-corrected chi connectivity index (χ4v) is 6.62. The Kier molecular flexibility index (Phi) is 7.51. The molecule has 166 valence electrons. The molecular weight excluding hydrogens is 480 g/mol. The Balaban J connectivity index is 1.69. The van der Waals surface area contributed by atoms with Crippen LogP contribution in [0.1, 0.15) is 17.4 Å². The molecular formula is C24H23ClN2O2S3. The molecule has 0 aliphatic rings. The first-order chi connectivity index (χ1) is 15.5. The molecule has 8 heteroatoms. The van der Waals surface area contributed by atoms with E-state index in [1.54, 1.807) is 46.5 Å². The van der Waals surface area contributed by atoms with Crippen LogP contribution >= 0.6 is 46.5 Å². The second-order valence-corrected chi connectivity index (χ2v) is 10.8. The van der Waals surface area contributed by atoms with Crippen molar-refractivity contribution in [1.29, 1.82) is 0 Å². The number of benzene rings is 2. The van der Waals surface area contributed by atoms with Crippen LogP contribution in [-0.2, 0) is 6.42 Å². The number of rotatable bonds is 8. The number of thiophene rings is 1. The maximum Gasteiger partial charge on any atom is 0.267 e. The summed E-state index contributed by atoms with van der Waals surface area (Å²) in [6, 6.07) is 15.4. The van der Waals surface area contributed by atoms with E-state index < -0.39 is 0 Å². The molecule has 4 rings (SSSR count). The van der Waals surface area contributed by atoms with Gasteiger partial charge in [-0.05, 0) is 55.3 Å². The molecule has 0 N–H and O–H groups in total. The number of hydrogen-bond donors (Lipinski definition) is 0. The Morgan fingerprint density at radius 1 is 1.12 bits per heavy atom. The summed E-state index contributed by atoms with van der Waals surface area (Å²) >= 11 is 11.0. The molecule has 0 unspecified atom stereocenters. The Bertz CT molecular complexity index is 1300. The van der Waals surface area contributed by atoms with Gasteiger partial charge in [0.1, 0.15) is 10.6 Å². The van der Waals surface area contributed by atoms with Crippen LogP contribution < -0.4 is 10.3 Å². The minimum absolute atomic E-state index is 0.0236. The van der Waals surface area contributed by atoms with Crippen LogP contribution in [0, 0.1) is 6.92 Å². The molecule has 0 fully saturated rings. The molecule has 2 aromatic heterocycles. The first-order valence-corrected chi connectivity index (χ1v) is 13.4. The summed E-state index contributed by atoms with van der Waals surface area (Å²) in [5, 5.41) is 2.16. The first-order valence-electron chi connectivity index (χ1n) is 10.2. The van der Waals surface area contributed by atoms with E-state index in [2.05, 4.69) is 6.92 Å². The molecule has 0 saturated carbocycles. The van der Waals surface area contributed by atoms with Crippen molar-refractivity contribution in [1.82, 2.24) is 9.55 Å². The molecule has 0 radical (unpaired) electrons. The standard InChI is InChI=1S/C24H23ClN2O2S3/c1-4-20-15(2)21-22(32-20)26-24(31-13-12-30-19-10-8-16(25)9-11-19)27(23(21)28)17-6-5-7-18(14-17)29-3/h5-11,14H,4,12-13H2,1-3H3. The molecule has 0 saturated heterocycles. The van der Waals surface area contributed by atoms with Gasteiger partial charge in [0, 0.05) is 32.4 Å². The number of aryl methyl sites for hydroxylation is 2. The lowest BCUT2D eigenvalue weighted by Gasteiger charge is -2.13. The van der Waals surface area contributed by atoms with Crippen molar-refractivity contribution in [3.8, 4) is 11.4 Å². The van der Waals surface area contributed by atoms with Crippen molar-refractivity contribution >= 4 is 56.7 Å². The van der Waals surface area contributed by atoms with Crippen LogP contribution in [-0.4, -0.2) is 28.2 Å². The smallest absolute Gasteiger partial charge is 0.267 e. The Morgan fingerprint density at radius 3 is 2.59 bits per heavy atom. The minimum Gasteiger partial charge on any atom is -0.497 e. The molecule has 0 atom stereocenters. The van der Waals surface area contributed by atoms with Crippen LogP contribution in [0.25, 0.3) is 15.9 Å². The Hall–Kier alpha value is -1.93. The third kappa shape index (κ3) is 4.86. The number of aromatic nitrogens is 2. The van der Waals surface area contributed by atoms with Crippen molar-refractivity contribution < 1.29 is 4.74 Å². The molecule has 4 aromatic rings. The van der Waals surface area contributed by atoms with Gasteiger partial charge >= 0.3 is 0 Å². The zero-order chi connectivity index (χ0) is 22.7. The topological polar surface area (TPSA) is 44.1 Å². The van der Waals surface area contributed by atoms with E-state index in [1.165, 1.54) is 9.77 Å². The van der Waals surface area contributed by atoms with E-state index in [9.17, 15) is 4.79 Å². The highest BCUT2D eigenvalue weighted by atomic mass is 35.5. The number of hydrogen-bond acceptors (Lipinski definition) is 6. The van der Waals surface area contributed by atoms with Gasteiger partial charge in [0.2, 0.25) is 0 Å². The SMILES string of the molecule is CCc1sc2nc(SCCSc3ccc(Cl)cc3)n(-c3cccc(OC)c3)c(=O)c2c1C. The predicted octanol–water partition coefficient (Wildman–Crippen LogP) is 6.86. The molecule has 0 bridgehead atoms. The Morgan fingerprint density at radius 2 is 1.88 bits per heavy atom. The summed E-state index contributed by atoms with van der Waals surface area (Å²) in [6.45, 7) is 4.13. The van der Waals surface area contributed by atoms with E-state index >= 15 is 0 Å². The van der Waals surface area contributed by atoms with Crippen molar-refractivity contribution in [2.75, 3.05) is 18.6 Å². The number of methoxy groups -OCH3 is 1. The van der Waals surface area contributed by atoms with Crippen LogP contribution in [0.15, 0.2) is 63.4 Å². The second-order valence-electron chi connectivity index (χ2n) is 7.07. The van der Waals surface area contributed by atoms with Crippen molar-refractivity contribution in [2.45, 2.75) is 30.3 Å². The molecule has 32 heavy (non-hydrogen) atoms. The van der Waals surface area contributed by atoms with Gasteiger partial charge in [0.05, 0.1) is 18.2 Å². The lowest BCUT2D eigenvalue weighted by molar-refractivity contribution is 0.414. The number of nitrogens with zero attached hydrogens (tertiary/aromatic N) is 2. The van der Waals surface area contributed by atoms with Crippen LogP contribution in [0.2, 0.25) is 5.02 Å². The summed E-state index contributed by atoms with van der Waals surface area (Å²) < 4.78 is 7.12. The lowest BCUT2D eigenvalue weighted by Crippen LogP contribution is -2.21. The van der Waals surface area contributed by atoms with E-state index in [0.717, 1.165) is 44.4 Å². The number of thioether (sulfide) groups is 2. The summed E-state index contributed by atoms with van der Waals surface area (Å²) in [6.07, 6.45) is 0.895. The molecule has 2 heterocycles. The highest BCUT2D eigenvalue weighted by Gasteiger charge is 2.19.